The lowest BCUT2D eigenvalue weighted by molar-refractivity contribution is -0.139. The van der Waals surface area contributed by atoms with Crippen LogP contribution in [0.1, 0.15) is 25.3 Å². The molecule has 6 heteroatoms. The van der Waals surface area contributed by atoms with Crippen molar-refractivity contribution in [2.24, 2.45) is 5.92 Å². The first-order valence-electron chi connectivity index (χ1n) is 6.83. The molecule has 1 heterocycles. The molecule has 0 saturated carbocycles. The zero-order valence-corrected chi connectivity index (χ0v) is 13.8. The number of ether oxygens (including phenoxy) is 1. The van der Waals surface area contributed by atoms with Gasteiger partial charge in [-0.1, -0.05) is 36.0 Å². The van der Waals surface area contributed by atoms with Crippen LogP contribution in [0.15, 0.2) is 35.5 Å². The van der Waals surface area contributed by atoms with Crippen LogP contribution in [0, 0.1) is 17.2 Å². The van der Waals surface area contributed by atoms with E-state index in [0.717, 1.165) is 5.56 Å². The van der Waals surface area contributed by atoms with Crippen molar-refractivity contribution in [1.29, 1.82) is 5.26 Å². The highest BCUT2D eigenvalue weighted by atomic mass is 35.5. The number of nitrogens with one attached hydrogen (secondary N) is 1. The molecule has 4 nitrogen and oxygen atoms in total. The van der Waals surface area contributed by atoms with Crippen molar-refractivity contribution in [1.82, 2.24) is 5.32 Å². The smallest absolute Gasteiger partial charge is 0.336 e. The molecule has 2 atom stereocenters. The van der Waals surface area contributed by atoms with Gasteiger partial charge in [-0.15, -0.1) is 0 Å². The summed E-state index contributed by atoms with van der Waals surface area (Å²) in [5.41, 5.74) is 1.80. The number of nitriles is 1. The highest BCUT2D eigenvalue weighted by Crippen LogP contribution is 2.38. The minimum absolute atomic E-state index is 0.263. The Bertz CT molecular complexity index is 694. The van der Waals surface area contributed by atoms with Gasteiger partial charge in [0.25, 0.3) is 0 Å². The minimum atomic E-state index is -0.642. The average Bonchev–Trinajstić information content (AvgIpc) is 2.46. The van der Waals surface area contributed by atoms with E-state index in [-0.39, 0.29) is 6.61 Å². The summed E-state index contributed by atoms with van der Waals surface area (Å²) < 4.78 is 5.14. The predicted octanol–water partition coefficient (Wildman–Crippen LogP) is 3.33. The van der Waals surface area contributed by atoms with Crippen LogP contribution in [0.3, 0.4) is 0 Å². The molecule has 1 aromatic carbocycles. The van der Waals surface area contributed by atoms with Gasteiger partial charge in [-0.25, -0.2) is 4.79 Å². The molecule has 0 aliphatic carbocycles. The molecule has 114 valence electrons. The fourth-order valence-electron chi connectivity index (χ4n) is 2.56. The molecular formula is C16H15ClN2O2S. The number of nitrogens with zero attached hydrogens (tertiary/aromatic N) is 1. The first-order chi connectivity index (χ1) is 10.5. The number of hydrogen-bond acceptors (Lipinski definition) is 4. The number of carbonyl (C=O) groups is 1. The molecule has 0 amide bonds. The number of halogens is 1. The predicted molar refractivity (Wildman–Crippen MR) is 88.4 cm³/mol. The third kappa shape index (κ3) is 3.13. The number of esters is 1. The van der Waals surface area contributed by atoms with E-state index >= 15 is 0 Å². The molecule has 1 aromatic rings. The molecule has 0 radical (unpaired) electrons. The molecule has 2 rings (SSSR count). The highest BCUT2D eigenvalue weighted by Gasteiger charge is 2.39. The molecule has 0 aromatic heterocycles. The van der Waals surface area contributed by atoms with E-state index in [2.05, 4.69) is 11.4 Å². The van der Waals surface area contributed by atoms with Crippen molar-refractivity contribution >= 4 is 34.8 Å². The van der Waals surface area contributed by atoms with Crippen LogP contribution >= 0.6 is 23.8 Å². The molecule has 0 bridgehead atoms. The summed E-state index contributed by atoms with van der Waals surface area (Å²) in [4.78, 5) is 12.7. The SMILES string of the molecule is CCOC(=O)C1=C(C)NC(=S)[C@H](C#N)[C@@H]1c1cccc(Cl)c1. The number of rotatable bonds is 3. The summed E-state index contributed by atoms with van der Waals surface area (Å²) in [6.07, 6.45) is 0. The summed E-state index contributed by atoms with van der Waals surface area (Å²) >= 11 is 11.3. The van der Waals surface area contributed by atoms with Crippen LogP contribution < -0.4 is 5.32 Å². The number of thiocarbonyl (C=S) groups is 1. The zero-order valence-electron chi connectivity index (χ0n) is 12.2. The van der Waals surface area contributed by atoms with E-state index in [4.69, 9.17) is 28.6 Å². The van der Waals surface area contributed by atoms with Crippen LogP contribution in [0.2, 0.25) is 5.02 Å². The lowest BCUT2D eigenvalue weighted by atomic mass is 9.78. The molecule has 0 saturated heterocycles. The van der Waals surface area contributed by atoms with E-state index in [1.807, 2.05) is 6.07 Å². The van der Waals surface area contributed by atoms with Gasteiger partial charge in [-0.3, -0.25) is 0 Å². The first kappa shape index (κ1) is 16.5. The normalized spacial score (nSPS) is 21.1. The van der Waals surface area contributed by atoms with Gasteiger partial charge >= 0.3 is 5.97 Å². The fraction of sp³-hybridized carbons (Fsp3) is 0.312. The second-order valence-corrected chi connectivity index (χ2v) is 5.76. The number of carbonyl (C=O) groups excluding carboxylic acids is 1. The van der Waals surface area contributed by atoms with Crippen molar-refractivity contribution in [2.45, 2.75) is 19.8 Å². The largest absolute Gasteiger partial charge is 0.463 e. The maximum atomic E-state index is 12.3. The minimum Gasteiger partial charge on any atom is -0.463 e. The highest BCUT2D eigenvalue weighted by molar-refractivity contribution is 7.80. The Morgan fingerprint density at radius 1 is 1.55 bits per heavy atom. The molecule has 1 aliphatic rings. The number of hydrogen-bond donors (Lipinski definition) is 1. The van der Waals surface area contributed by atoms with Gasteiger partial charge in [-0.05, 0) is 31.5 Å². The summed E-state index contributed by atoms with van der Waals surface area (Å²) in [6, 6.07) is 9.29. The number of benzene rings is 1. The van der Waals surface area contributed by atoms with Crippen LogP contribution in [0.5, 0.6) is 0 Å². The van der Waals surface area contributed by atoms with Crippen LogP contribution in [0.25, 0.3) is 0 Å². The molecule has 0 fully saturated rings. The number of allylic oxidation sites excluding steroid dienone is 1. The van der Waals surface area contributed by atoms with Crippen LogP contribution in [-0.2, 0) is 9.53 Å². The lowest BCUT2D eigenvalue weighted by Crippen LogP contribution is -2.40. The topological polar surface area (TPSA) is 62.1 Å². The Hall–Kier alpha value is -1.90. The molecular weight excluding hydrogens is 320 g/mol. The van der Waals surface area contributed by atoms with Gasteiger partial charge in [0.2, 0.25) is 0 Å². The molecule has 0 unspecified atom stereocenters. The van der Waals surface area contributed by atoms with Gasteiger partial charge in [0, 0.05) is 16.6 Å². The molecule has 1 N–H and O–H groups in total. The third-order valence-electron chi connectivity index (χ3n) is 3.48. The van der Waals surface area contributed by atoms with E-state index in [0.29, 0.717) is 21.3 Å². The van der Waals surface area contributed by atoms with Crippen molar-refractivity contribution in [3.63, 3.8) is 0 Å². The lowest BCUT2D eigenvalue weighted by Gasteiger charge is -2.31. The molecule has 0 spiro atoms. The Kier molecular flexibility index (Phi) is 5.17. The molecule has 1 aliphatic heterocycles. The second kappa shape index (κ2) is 6.91. The van der Waals surface area contributed by atoms with E-state index in [9.17, 15) is 10.1 Å². The third-order valence-corrected chi connectivity index (χ3v) is 4.07. The Balaban J connectivity index is 2.60. The monoisotopic (exact) mass is 334 g/mol. The maximum Gasteiger partial charge on any atom is 0.336 e. The summed E-state index contributed by atoms with van der Waals surface area (Å²) in [5.74, 6) is -1.58. The van der Waals surface area contributed by atoms with E-state index < -0.39 is 17.8 Å². The van der Waals surface area contributed by atoms with E-state index in [1.165, 1.54) is 0 Å². The molecule has 22 heavy (non-hydrogen) atoms. The van der Waals surface area contributed by atoms with Gasteiger partial charge in [0.1, 0.15) is 5.92 Å². The van der Waals surface area contributed by atoms with Crippen LogP contribution in [-0.4, -0.2) is 17.6 Å². The van der Waals surface area contributed by atoms with E-state index in [1.54, 1.807) is 32.0 Å². The zero-order chi connectivity index (χ0) is 16.3. The average molecular weight is 335 g/mol. The summed E-state index contributed by atoms with van der Waals surface area (Å²) in [6.45, 7) is 3.76. The Labute approximate surface area is 139 Å². The van der Waals surface area contributed by atoms with Gasteiger partial charge in [0.15, 0.2) is 0 Å². The van der Waals surface area contributed by atoms with Crippen molar-refractivity contribution < 1.29 is 9.53 Å². The summed E-state index contributed by atoms with van der Waals surface area (Å²) in [7, 11) is 0. The van der Waals surface area contributed by atoms with Gasteiger partial charge < -0.3 is 10.1 Å². The fourth-order valence-corrected chi connectivity index (χ4v) is 3.10. The van der Waals surface area contributed by atoms with Gasteiger partial charge in [-0.2, -0.15) is 5.26 Å². The second-order valence-electron chi connectivity index (χ2n) is 4.89. The van der Waals surface area contributed by atoms with Crippen molar-refractivity contribution in [3.8, 4) is 6.07 Å². The van der Waals surface area contributed by atoms with Crippen LogP contribution in [0.4, 0.5) is 0 Å². The van der Waals surface area contributed by atoms with Gasteiger partial charge in [0.05, 0.1) is 23.2 Å². The summed E-state index contributed by atoms with van der Waals surface area (Å²) in [5, 5.41) is 13.0. The Morgan fingerprint density at radius 3 is 2.86 bits per heavy atom. The van der Waals surface area contributed by atoms with Crippen molar-refractivity contribution in [2.75, 3.05) is 6.61 Å². The Morgan fingerprint density at radius 2 is 2.27 bits per heavy atom. The van der Waals surface area contributed by atoms with Crippen molar-refractivity contribution in [3.05, 3.63) is 46.1 Å². The quantitative estimate of drug-likeness (QED) is 0.678. The standard InChI is InChI=1S/C16H15ClN2O2S/c1-3-21-16(20)13-9(2)19-15(22)12(8-18)14(13)10-5-4-6-11(17)7-10/h4-7,12,14H,3H2,1-2H3,(H,19,22)/t12-,14+/m1/s1. The maximum absolute atomic E-state index is 12.3. The first-order valence-corrected chi connectivity index (χ1v) is 7.62.